The zero-order valence-electron chi connectivity index (χ0n) is 13.6. The molecule has 3 heterocycles. The van der Waals surface area contributed by atoms with Gasteiger partial charge in [0.05, 0.1) is 22.6 Å². The fourth-order valence-corrected chi connectivity index (χ4v) is 4.95. The number of esters is 1. The summed E-state index contributed by atoms with van der Waals surface area (Å²) in [6.45, 7) is 3.77. The Bertz CT molecular complexity index is 906. The maximum absolute atomic E-state index is 12.7. The summed E-state index contributed by atoms with van der Waals surface area (Å²) in [7, 11) is 0. The Morgan fingerprint density at radius 2 is 2.16 bits per heavy atom. The van der Waals surface area contributed by atoms with Crippen molar-refractivity contribution in [2.24, 2.45) is 0 Å². The second-order valence-corrected chi connectivity index (χ2v) is 7.85. The lowest BCUT2D eigenvalue weighted by Gasteiger charge is -2.12. The van der Waals surface area contributed by atoms with Crippen LogP contribution in [-0.4, -0.2) is 39.1 Å². The lowest BCUT2D eigenvalue weighted by atomic mass is 10.1. The van der Waals surface area contributed by atoms with Gasteiger partial charge in [-0.15, -0.1) is 22.7 Å². The molecule has 0 fully saturated rings. The summed E-state index contributed by atoms with van der Waals surface area (Å²) in [4.78, 5) is 37.7. The van der Waals surface area contributed by atoms with E-state index in [1.54, 1.807) is 6.92 Å². The van der Waals surface area contributed by atoms with Gasteiger partial charge in [0.2, 0.25) is 0 Å². The number of nitrogens with zero attached hydrogens (tertiary/aromatic N) is 3. The molecule has 0 aromatic carbocycles. The molecule has 0 aliphatic heterocycles. The normalized spacial score (nSPS) is 12.2. The molecule has 0 amide bonds. The Labute approximate surface area is 156 Å². The van der Waals surface area contributed by atoms with Gasteiger partial charge in [-0.1, -0.05) is 11.8 Å². The molecule has 3 aromatic heterocycles. The number of aromatic nitrogens is 3. The van der Waals surface area contributed by atoms with E-state index in [0.29, 0.717) is 5.01 Å². The van der Waals surface area contributed by atoms with E-state index in [1.165, 1.54) is 40.8 Å². The maximum Gasteiger partial charge on any atom is 0.323 e. The van der Waals surface area contributed by atoms with Crippen LogP contribution in [0, 0.1) is 6.92 Å². The van der Waals surface area contributed by atoms with Crippen molar-refractivity contribution in [2.75, 3.05) is 12.4 Å². The van der Waals surface area contributed by atoms with E-state index >= 15 is 0 Å². The molecule has 0 saturated carbocycles. The Morgan fingerprint density at radius 1 is 1.32 bits per heavy atom. The fourth-order valence-electron chi connectivity index (χ4n) is 2.19. The van der Waals surface area contributed by atoms with E-state index in [1.807, 2.05) is 23.8 Å². The van der Waals surface area contributed by atoms with Crippen molar-refractivity contribution in [2.45, 2.75) is 24.8 Å². The highest BCUT2D eigenvalue weighted by Gasteiger charge is 2.32. The summed E-state index contributed by atoms with van der Waals surface area (Å²) in [6, 6.07) is 1.91. The summed E-state index contributed by atoms with van der Waals surface area (Å²) in [5, 5.41) is 4.98. The lowest BCUT2D eigenvalue weighted by Crippen LogP contribution is -2.25. The molecule has 0 saturated heterocycles. The number of fused-ring (bicyclic) bond motifs is 1. The summed E-state index contributed by atoms with van der Waals surface area (Å²) in [5.74, 6) is -1.65. The monoisotopic (exact) mass is 393 g/mol. The summed E-state index contributed by atoms with van der Waals surface area (Å²) >= 11 is 4.14. The van der Waals surface area contributed by atoms with Gasteiger partial charge in [-0.2, -0.15) is 0 Å². The van der Waals surface area contributed by atoms with Gasteiger partial charge in [-0.3, -0.25) is 9.59 Å². The fraction of sp³-hybridized carbons (Fsp3) is 0.312. The molecule has 0 N–H and O–H groups in total. The molecule has 0 spiro atoms. The molecule has 0 unspecified atom stereocenters. The van der Waals surface area contributed by atoms with Gasteiger partial charge in [-0.05, 0) is 25.3 Å². The van der Waals surface area contributed by atoms with E-state index in [0.717, 1.165) is 20.9 Å². The minimum absolute atomic E-state index is 0.117. The number of Topliss-reactive ketones (excluding diaryl/α,β-unsaturated/α-hetero) is 1. The molecular weight excluding hydrogens is 378 g/mol. The highest BCUT2D eigenvalue weighted by atomic mass is 32.2. The first-order chi connectivity index (χ1) is 12.1. The van der Waals surface area contributed by atoms with Crippen LogP contribution in [0.2, 0.25) is 0 Å². The van der Waals surface area contributed by atoms with Gasteiger partial charge in [0, 0.05) is 11.1 Å². The number of thiazole rings is 1. The van der Waals surface area contributed by atoms with Crippen molar-refractivity contribution in [1.82, 2.24) is 15.0 Å². The maximum atomic E-state index is 12.7. The van der Waals surface area contributed by atoms with Crippen LogP contribution in [0.15, 0.2) is 28.2 Å². The topological polar surface area (TPSA) is 82.0 Å². The molecule has 1 atom stereocenters. The van der Waals surface area contributed by atoms with Crippen molar-refractivity contribution < 1.29 is 14.3 Å². The largest absolute Gasteiger partial charge is 0.465 e. The second kappa shape index (κ2) is 8.03. The third-order valence-electron chi connectivity index (χ3n) is 3.29. The van der Waals surface area contributed by atoms with Gasteiger partial charge in [0.1, 0.15) is 16.4 Å². The number of carbonyl (C=O) groups is 2. The second-order valence-electron chi connectivity index (χ2n) is 5.08. The number of ketones is 1. The van der Waals surface area contributed by atoms with Gasteiger partial charge < -0.3 is 4.74 Å². The molecule has 6 nitrogen and oxygen atoms in total. The van der Waals surface area contributed by atoms with Crippen LogP contribution in [0.4, 0.5) is 0 Å². The third-order valence-corrected chi connectivity index (χ3v) is 6.37. The van der Waals surface area contributed by atoms with E-state index in [-0.39, 0.29) is 18.1 Å². The molecular formula is C16H15N3O3S3. The number of rotatable bonds is 7. The molecule has 0 aliphatic rings. The molecule has 9 heteroatoms. The summed E-state index contributed by atoms with van der Waals surface area (Å²) in [6.07, 6.45) is 1.48. The zero-order chi connectivity index (χ0) is 17.8. The smallest absolute Gasteiger partial charge is 0.323 e. The van der Waals surface area contributed by atoms with Crippen molar-refractivity contribution in [3.05, 3.63) is 33.9 Å². The highest BCUT2D eigenvalue weighted by molar-refractivity contribution is 8.00. The molecule has 0 bridgehead atoms. The zero-order valence-corrected chi connectivity index (χ0v) is 16.0. The van der Waals surface area contributed by atoms with Gasteiger partial charge >= 0.3 is 5.97 Å². The molecule has 130 valence electrons. The van der Waals surface area contributed by atoms with Crippen molar-refractivity contribution in [3.63, 3.8) is 0 Å². The molecule has 0 aliphatic carbocycles. The minimum atomic E-state index is -0.980. The number of thioether (sulfide) groups is 1. The van der Waals surface area contributed by atoms with Crippen LogP contribution in [-0.2, 0) is 14.3 Å². The quantitative estimate of drug-likeness (QED) is 0.263. The van der Waals surface area contributed by atoms with Crippen molar-refractivity contribution >= 4 is 56.4 Å². The van der Waals surface area contributed by atoms with Gasteiger partial charge in [-0.25, -0.2) is 15.0 Å². The van der Waals surface area contributed by atoms with E-state index in [9.17, 15) is 9.59 Å². The summed E-state index contributed by atoms with van der Waals surface area (Å²) in [5.41, 5.74) is 1.64. The first-order valence-electron chi connectivity index (χ1n) is 7.52. The number of hydrogen-bond donors (Lipinski definition) is 0. The van der Waals surface area contributed by atoms with Crippen LogP contribution in [0.25, 0.3) is 10.2 Å². The van der Waals surface area contributed by atoms with Crippen LogP contribution in [0.1, 0.15) is 23.5 Å². The van der Waals surface area contributed by atoms with Crippen molar-refractivity contribution in [1.29, 1.82) is 0 Å². The lowest BCUT2D eigenvalue weighted by molar-refractivity contribution is -0.147. The number of carbonyl (C=O) groups excluding carboxylic acids is 2. The predicted octanol–water partition coefficient (Wildman–Crippen LogP) is 3.46. The standard InChI is InChI=1S/C16H15N3O3S3/c1-3-22-16(21)12(14-19-9(2)6-24-14)11(20)7-25-15-13-10(4-5-23-13)17-8-18-15/h4-6,8,12H,3,7H2,1-2H3/t12-/m1/s1. The van der Waals surface area contributed by atoms with Crippen LogP contribution in [0.5, 0.6) is 0 Å². The van der Waals surface area contributed by atoms with Crippen LogP contribution < -0.4 is 0 Å². The van der Waals surface area contributed by atoms with Crippen LogP contribution >= 0.6 is 34.4 Å². The van der Waals surface area contributed by atoms with Gasteiger partial charge in [0.15, 0.2) is 11.7 Å². The Morgan fingerprint density at radius 3 is 2.88 bits per heavy atom. The number of ether oxygens (including phenoxy) is 1. The van der Waals surface area contributed by atoms with Crippen LogP contribution in [0.3, 0.4) is 0 Å². The molecule has 3 rings (SSSR count). The minimum Gasteiger partial charge on any atom is -0.465 e. The van der Waals surface area contributed by atoms with Crippen molar-refractivity contribution in [3.8, 4) is 0 Å². The average molecular weight is 394 g/mol. The number of thiophene rings is 1. The predicted molar refractivity (Wildman–Crippen MR) is 99.4 cm³/mol. The first kappa shape index (κ1) is 18.0. The average Bonchev–Trinajstić information content (AvgIpc) is 3.22. The molecule has 0 radical (unpaired) electrons. The molecule has 3 aromatic rings. The third kappa shape index (κ3) is 4.05. The Hall–Kier alpha value is -1.84. The Balaban J connectivity index is 1.78. The highest BCUT2D eigenvalue weighted by Crippen LogP contribution is 2.31. The summed E-state index contributed by atoms with van der Waals surface area (Å²) < 4.78 is 6.02. The van der Waals surface area contributed by atoms with Gasteiger partial charge in [0.25, 0.3) is 0 Å². The Kier molecular flexibility index (Phi) is 5.77. The van der Waals surface area contributed by atoms with E-state index in [2.05, 4.69) is 15.0 Å². The van der Waals surface area contributed by atoms with E-state index in [4.69, 9.17) is 4.74 Å². The number of aryl methyl sites for hydroxylation is 1. The molecule has 25 heavy (non-hydrogen) atoms. The first-order valence-corrected chi connectivity index (χ1v) is 10.3. The number of hydrogen-bond acceptors (Lipinski definition) is 9. The van der Waals surface area contributed by atoms with E-state index < -0.39 is 11.9 Å². The SMILES string of the molecule is CCOC(=O)[C@H](C(=O)CSc1ncnc2ccsc12)c1nc(C)cs1.